The molecular formula is C20H30N8O5S. The number of carboxylic acid groups (broad SMARTS) is 1. The smallest absolute Gasteiger partial charge is 0.326 e. The van der Waals surface area contributed by atoms with E-state index in [1.54, 1.807) is 13.8 Å². The fourth-order valence-corrected chi connectivity index (χ4v) is 3.21. The number of aliphatic carboxylic acids is 1. The molecule has 2 rings (SSSR count). The van der Waals surface area contributed by atoms with Gasteiger partial charge in [-0.25, -0.2) is 14.8 Å². The highest BCUT2D eigenvalue weighted by molar-refractivity contribution is 7.80. The first kappa shape index (κ1) is 26.9. The molecule has 3 amide bonds. The van der Waals surface area contributed by atoms with E-state index in [4.69, 9.17) is 5.73 Å². The molecule has 8 N–H and O–H groups in total. The van der Waals surface area contributed by atoms with E-state index in [1.807, 2.05) is 0 Å². The Morgan fingerprint density at radius 3 is 1.82 bits per heavy atom. The van der Waals surface area contributed by atoms with E-state index in [-0.39, 0.29) is 24.5 Å². The van der Waals surface area contributed by atoms with Gasteiger partial charge in [0.1, 0.15) is 18.1 Å². The molecule has 0 fully saturated rings. The second kappa shape index (κ2) is 12.7. The van der Waals surface area contributed by atoms with Crippen LogP contribution < -0.4 is 21.7 Å². The predicted octanol–water partition coefficient (Wildman–Crippen LogP) is -1.63. The number of carbonyl (C=O) groups excluding carboxylic acids is 3. The van der Waals surface area contributed by atoms with Crippen LogP contribution in [-0.2, 0) is 32.0 Å². The molecule has 0 aliphatic rings. The normalized spacial score (nSPS) is 14.6. The first-order valence-corrected chi connectivity index (χ1v) is 11.2. The molecule has 0 spiro atoms. The Bertz CT molecular complexity index is 950. The van der Waals surface area contributed by atoms with E-state index in [0.29, 0.717) is 11.4 Å². The molecule has 0 aromatic carbocycles. The molecule has 2 heterocycles. The number of thiol groups is 1. The maximum atomic E-state index is 13.0. The van der Waals surface area contributed by atoms with Gasteiger partial charge in [-0.15, -0.1) is 0 Å². The van der Waals surface area contributed by atoms with Crippen molar-refractivity contribution < 1.29 is 24.3 Å². The van der Waals surface area contributed by atoms with Crippen LogP contribution >= 0.6 is 12.6 Å². The van der Waals surface area contributed by atoms with Gasteiger partial charge in [0.15, 0.2) is 0 Å². The second-order valence-electron chi connectivity index (χ2n) is 8.04. The molecule has 4 unspecified atom stereocenters. The van der Waals surface area contributed by atoms with Gasteiger partial charge in [0.05, 0.1) is 18.7 Å². The zero-order chi connectivity index (χ0) is 25.3. The average molecular weight is 495 g/mol. The lowest BCUT2D eigenvalue weighted by Crippen LogP contribution is -2.58. The molecule has 186 valence electrons. The molecule has 14 heteroatoms. The molecule has 0 saturated carbocycles. The fraction of sp³-hybridized carbons (Fsp3) is 0.500. The highest BCUT2D eigenvalue weighted by Gasteiger charge is 2.30. The molecule has 34 heavy (non-hydrogen) atoms. The van der Waals surface area contributed by atoms with Gasteiger partial charge >= 0.3 is 5.97 Å². The van der Waals surface area contributed by atoms with E-state index in [9.17, 15) is 24.3 Å². The summed E-state index contributed by atoms with van der Waals surface area (Å²) in [5.41, 5.74) is 6.99. The molecule has 0 bridgehead atoms. The third kappa shape index (κ3) is 7.88. The first-order chi connectivity index (χ1) is 16.1. The standard InChI is InChI=1S/C20H30N8O5S/c1-10(2)16(21)19(31)26-13(3-11-5-22-8-24-11)17(29)28-15(7-34)18(30)27-14(20(32)33)4-12-6-23-9-25-12/h5-6,8-10,13-16,34H,3-4,7,21H2,1-2H3,(H,22,24)(H,23,25)(H,26,31)(H,27,30)(H,28,29)(H,32,33). The van der Waals surface area contributed by atoms with Crippen molar-refractivity contribution in [3.8, 4) is 0 Å². The molecule has 0 aliphatic carbocycles. The summed E-state index contributed by atoms with van der Waals surface area (Å²) in [4.78, 5) is 63.2. The van der Waals surface area contributed by atoms with Crippen molar-refractivity contribution in [1.82, 2.24) is 35.9 Å². The van der Waals surface area contributed by atoms with Gasteiger partial charge in [-0.05, 0) is 5.92 Å². The highest BCUT2D eigenvalue weighted by Crippen LogP contribution is 2.05. The summed E-state index contributed by atoms with van der Waals surface area (Å²) in [6, 6.07) is -4.30. The van der Waals surface area contributed by atoms with E-state index in [0.717, 1.165) is 0 Å². The van der Waals surface area contributed by atoms with Gasteiger partial charge in [0, 0.05) is 42.4 Å². The molecule has 0 aliphatic heterocycles. The van der Waals surface area contributed by atoms with Crippen molar-refractivity contribution in [3.05, 3.63) is 36.4 Å². The second-order valence-corrected chi connectivity index (χ2v) is 8.40. The van der Waals surface area contributed by atoms with Gasteiger partial charge in [-0.2, -0.15) is 12.6 Å². The highest BCUT2D eigenvalue weighted by atomic mass is 32.1. The predicted molar refractivity (Wildman–Crippen MR) is 125 cm³/mol. The number of amides is 3. The number of carboxylic acids is 1. The summed E-state index contributed by atoms with van der Waals surface area (Å²) >= 11 is 4.12. The van der Waals surface area contributed by atoms with Gasteiger partial charge in [-0.3, -0.25) is 14.4 Å². The Hall–Kier alpha value is -3.39. The molecule has 2 aromatic heterocycles. The Morgan fingerprint density at radius 2 is 1.38 bits per heavy atom. The number of imidazole rings is 2. The zero-order valence-corrected chi connectivity index (χ0v) is 19.7. The largest absolute Gasteiger partial charge is 0.480 e. The maximum Gasteiger partial charge on any atom is 0.326 e. The van der Waals surface area contributed by atoms with Crippen molar-refractivity contribution >= 4 is 36.3 Å². The van der Waals surface area contributed by atoms with E-state index < -0.39 is 47.9 Å². The molecule has 0 radical (unpaired) electrons. The third-order valence-corrected chi connectivity index (χ3v) is 5.41. The van der Waals surface area contributed by atoms with E-state index in [2.05, 4.69) is 48.5 Å². The number of nitrogens with zero attached hydrogens (tertiary/aromatic N) is 2. The van der Waals surface area contributed by atoms with Crippen LogP contribution in [0.5, 0.6) is 0 Å². The van der Waals surface area contributed by atoms with Gasteiger partial charge in [-0.1, -0.05) is 13.8 Å². The number of nitrogens with one attached hydrogen (secondary N) is 5. The molecule has 13 nitrogen and oxygen atoms in total. The van der Waals surface area contributed by atoms with Crippen molar-refractivity contribution in [2.24, 2.45) is 11.7 Å². The fourth-order valence-electron chi connectivity index (χ4n) is 2.95. The number of H-pyrrole nitrogens is 2. The topological polar surface area (TPSA) is 208 Å². The van der Waals surface area contributed by atoms with E-state index >= 15 is 0 Å². The number of nitrogens with two attached hydrogens (primary N) is 1. The SMILES string of the molecule is CC(C)C(N)C(=O)NC(Cc1cnc[nH]1)C(=O)NC(CS)C(=O)NC(Cc1cnc[nH]1)C(=O)O. The lowest BCUT2D eigenvalue weighted by molar-refractivity contribution is -0.142. The quantitative estimate of drug-likeness (QED) is 0.151. The van der Waals surface area contributed by atoms with Crippen LogP contribution in [0.2, 0.25) is 0 Å². The van der Waals surface area contributed by atoms with Gasteiger partial charge < -0.3 is 36.8 Å². The minimum absolute atomic E-state index is 0.0279. The molecule has 4 atom stereocenters. The summed E-state index contributed by atoms with van der Waals surface area (Å²) in [5.74, 6) is -3.43. The van der Waals surface area contributed by atoms with Crippen LogP contribution in [0.25, 0.3) is 0 Å². The Morgan fingerprint density at radius 1 is 0.912 bits per heavy atom. The number of aromatic amines is 2. The Balaban J connectivity index is 2.09. The average Bonchev–Trinajstić information content (AvgIpc) is 3.49. The maximum absolute atomic E-state index is 13.0. The lowest BCUT2D eigenvalue weighted by Gasteiger charge is -2.25. The van der Waals surface area contributed by atoms with Crippen LogP contribution in [-0.4, -0.2) is 78.7 Å². The summed E-state index contributed by atoms with van der Waals surface area (Å²) in [7, 11) is 0. The number of hydrogen-bond donors (Lipinski definition) is 8. The summed E-state index contributed by atoms with van der Waals surface area (Å²) in [6.07, 6.45) is 5.82. The number of rotatable bonds is 13. The van der Waals surface area contributed by atoms with Crippen molar-refractivity contribution in [1.29, 1.82) is 0 Å². The van der Waals surface area contributed by atoms with E-state index in [1.165, 1.54) is 25.0 Å². The lowest BCUT2D eigenvalue weighted by atomic mass is 10.0. The monoisotopic (exact) mass is 494 g/mol. The minimum Gasteiger partial charge on any atom is -0.480 e. The van der Waals surface area contributed by atoms with Crippen LogP contribution in [0.15, 0.2) is 25.0 Å². The first-order valence-electron chi connectivity index (χ1n) is 10.6. The summed E-state index contributed by atoms with van der Waals surface area (Å²) in [6.45, 7) is 3.55. The molecular weight excluding hydrogens is 464 g/mol. The van der Waals surface area contributed by atoms with Crippen LogP contribution in [0, 0.1) is 5.92 Å². The molecule has 2 aromatic rings. The zero-order valence-electron chi connectivity index (χ0n) is 18.8. The summed E-state index contributed by atoms with van der Waals surface area (Å²) in [5, 5.41) is 17.0. The molecule has 0 saturated heterocycles. The third-order valence-electron chi connectivity index (χ3n) is 5.04. The van der Waals surface area contributed by atoms with Crippen molar-refractivity contribution in [2.75, 3.05) is 5.75 Å². The van der Waals surface area contributed by atoms with Crippen LogP contribution in [0.3, 0.4) is 0 Å². The number of aromatic nitrogens is 4. The number of hydrogen-bond acceptors (Lipinski definition) is 8. The van der Waals surface area contributed by atoms with Crippen molar-refractivity contribution in [3.63, 3.8) is 0 Å². The summed E-state index contributed by atoms with van der Waals surface area (Å²) < 4.78 is 0. The Labute approximate surface area is 201 Å². The number of carbonyl (C=O) groups is 4. The minimum atomic E-state index is -1.25. The van der Waals surface area contributed by atoms with Crippen LogP contribution in [0.4, 0.5) is 0 Å². The van der Waals surface area contributed by atoms with Gasteiger partial charge in [0.2, 0.25) is 17.7 Å². The van der Waals surface area contributed by atoms with Crippen molar-refractivity contribution in [2.45, 2.75) is 50.9 Å². The van der Waals surface area contributed by atoms with Gasteiger partial charge in [0.25, 0.3) is 0 Å². The Kier molecular flexibility index (Phi) is 10.1. The van der Waals surface area contributed by atoms with Crippen LogP contribution in [0.1, 0.15) is 25.2 Å².